The van der Waals surface area contributed by atoms with Crippen molar-refractivity contribution in [3.8, 4) is 5.75 Å². The first-order chi connectivity index (χ1) is 13.0. The highest BCUT2D eigenvalue weighted by molar-refractivity contribution is 5.96. The minimum absolute atomic E-state index is 0.0884. The van der Waals surface area contributed by atoms with Gasteiger partial charge >= 0.3 is 0 Å². The van der Waals surface area contributed by atoms with Gasteiger partial charge in [-0.1, -0.05) is 31.2 Å². The number of halogens is 1. The van der Waals surface area contributed by atoms with Crippen LogP contribution in [0.3, 0.4) is 0 Å². The number of benzene rings is 2. The molecule has 0 spiro atoms. The van der Waals surface area contributed by atoms with Gasteiger partial charge < -0.3 is 9.64 Å². The maximum atomic E-state index is 14.0. The van der Waals surface area contributed by atoms with Gasteiger partial charge in [-0.25, -0.2) is 4.39 Å². The van der Waals surface area contributed by atoms with Crippen molar-refractivity contribution in [2.75, 3.05) is 25.1 Å². The third kappa shape index (κ3) is 4.30. The number of aryl methyl sites for hydroxylation is 1. The first-order valence-corrected chi connectivity index (χ1v) is 9.48. The van der Waals surface area contributed by atoms with E-state index >= 15 is 0 Å². The van der Waals surface area contributed by atoms with Crippen molar-refractivity contribution in [1.29, 1.82) is 0 Å². The van der Waals surface area contributed by atoms with Gasteiger partial charge in [0.05, 0.1) is 13.7 Å². The summed E-state index contributed by atoms with van der Waals surface area (Å²) in [5.41, 5.74) is 3.08. The molecule has 0 N–H and O–H groups in total. The number of anilines is 1. The number of nitrogens with zero attached hydrogens (tertiary/aromatic N) is 2. The molecule has 1 unspecified atom stereocenters. The molecule has 0 fully saturated rings. The predicted molar refractivity (Wildman–Crippen MR) is 106 cm³/mol. The minimum Gasteiger partial charge on any atom is -0.494 e. The van der Waals surface area contributed by atoms with Crippen LogP contribution in [0, 0.1) is 5.82 Å². The van der Waals surface area contributed by atoms with Crippen molar-refractivity contribution >= 4 is 11.6 Å². The Morgan fingerprint density at radius 1 is 1.30 bits per heavy atom. The van der Waals surface area contributed by atoms with Gasteiger partial charge in [-0.2, -0.15) is 0 Å². The SMILES string of the molecule is CCN(CC(=O)N1c2ccccc2CCC1C)Cc1ccc(OC)c(F)c1. The Kier molecular flexibility index (Phi) is 6.11. The molecule has 1 heterocycles. The Hall–Kier alpha value is -2.40. The van der Waals surface area contributed by atoms with Gasteiger partial charge in [0.2, 0.25) is 5.91 Å². The number of likely N-dealkylation sites (N-methyl/N-ethyl adjacent to an activating group) is 1. The number of ether oxygens (including phenoxy) is 1. The summed E-state index contributed by atoms with van der Waals surface area (Å²) < 4.78 is 18.9. The van der Waals surface area contributed by atoms with E-state index in [1.807, 2.05) is 41.0 Å². The third-order valence-corrected chi connectivity index (χ3v) is 5.22. The fourth-order valence-electron chi connectivity index (χ4n) is 3.68. The lowest BCUT2D eigenvalue weighted by Gasteiger charge is -2.36. The van der Waals surface area contributed by atoms with Crippen LogP contribution in [0.4, 0.5) is 10.1 Å². The number of methoxy groups -OCH3 is 1. The van der Waals surface area contributed by atoms with E-state index in [-0.39, 0.29) is 23.5 Å². The van der Waals surface area contributed by atoms with Gasteiger partial charge in [-0.15, -0.1) is 0 Å². The van der Waals surface area contributed by atoms with E-state index in [1.54, 1.807) is 6.07 Å². The highest BCUT2D eigenvalue weighted by atomic mass is 19.1. The number of rotatable bonds is 6. The molecule has 0 aromatic heterocycles. The van der Waals surface area contributed by atoms with Crippen molar-refractivity contribution in [3.63, 3.8) is 0 Å². The average Bonchev–Trinajstić information content (AvgIpc) is 2.67. The van der Waals surface area contributed by atoms with E-state index in [4.69, 9.17) is 4.74 Å². The second kappa shape index (κ2) is 8.53. The summed E-state index contributed by atoms with van der Waals surface area (Å²) in [7, 11) is 1.45. The molecular weight excluding hydrogens is 343 g/mol. The minimum atomic E-state index is -0.379. The van der Waals surface area contributed by atoms with Crippen LogP contribution in [0.2, 0.25) is 0 Å². The molecule has 4 nitrogen and oxygen atoms in total. The summed E-state index contributed by atoms with van der Waals surface area (Å²) in [5.74, 6) is -0.0573. The zero-order valence-electron chi connectivity index (χ0n) is 16.2. The van der Waals surface area contributed by atoms with E-state index in [2.05, 4.69) is 13.0 Å². The van der Waals surface area contributed by atoms with E-state index in [9.17, 15) is 9.18 Å². The number of hydrogen-bond donors (Lipinski definition) is 0. The summed E-state index contributed by atoms with van der Waals surface area (Å²) in [5, 5.41) is 0. The van der Waals surface area contributed by atoms with E-state index in [0.717, 1.165) is 24.1 Å². The first-order valence-electron chi connectivity index (χ1n) is 9.48. The van der Waals surface area contributed by atoms with Gasteiger partial charge in [0.25, 0.3) is 0 Å². The fourth-order valence-corrected chi connectivity index (χ4v) is 3.68. The van der Waals surface area contributed by atoms with Gasteiger partial charge in [-0.05, 0) is 55.6 Å². The zero-order valence-corrected chi connectivity index (χ0v) is 16.2. The number of carbonyl (C=O) groups excluding carboxylic acids is 1. The van der Waals surface area contributed by atoms with Crippen molar-refractivity contribution < 1.29 is 13.9 Å². The number of fused-ring (bicyclic) bond motifs is 1. The molecular formula is C22H27FN2O2. The van der Waals surface area contributed by atoms with Gasteiger partial charge in [-0.3, -0.25) is 9.69 Å². The van der Waals surface area contributed by atoms with Crippen LogP contribution < -0.4 is 9.64 Å². The Morgan fingerprint density at radius 3 is 2.78 bits per heavy atom. The standard InChI is InChI=1S/C22H27FN2O2/c1-4-24(14-17-10-12-21(27-3)19(23)13-17)15-22(26)25-16(2)9-11-18-7-5-6-8-20(18)25/h5-8,10,12-13,16H,4,9,11,14-15H2,1-3H3. The maximum absolute atomic E-state index is 14.0. The van der Waals surface area contributed by atoms with Crippen LogP contribution in [0.1, 0.15) is 31.4 Å². The van der Waals surface area contributed by atoms with E-state index in [1.165, 1.54) is 18.7 Å². The first kappa shape index (κ1) is 19.4. The summed E-state index contributed by atoms with van der Waals surface area (Å²) in [6, 6.07) is 13.3. The Balaban J connectivity index is 1.73. The average molecular weight is 370 g/mol. The van der Waals surface area contributed by atoms with Crippen LogP contribution in [-0.4, -0.2) is 37.0 Å². The second-order valence-corrected chi connectivity index (χ2v) is 7.05. The summed E-state index contributed by atoms with van der Waals surface area (Å²) in [4.78, 5) is 17.1. The zero-order chi connectivity index (χ0) is 19.4. The fraction of sp³-hybridized carbons (Fsp3) is 0.409. The van der Waals surface area contributed by atoms with Crippen molar-refractivity contribution in [1.82, 2.24) is 4.90 Å². The number of para-hydroxylation sites is 1. The lowest BCUT2D eigenvalue weighted by Crippen LogP contribution is -2.47. The van der Waals surface area contributed by atoms with E-state index in [0.29, 0.717) is 19.6 Å². The van der Waals surface area contributed by atoms with Crippen molar-refractivity contribution in [2.24, 2.45) is 0 Å². The van der Waals surface area contributed by atoms with Crippen LogP contribution in [0.25, 0.3) is 0 Å². The summed E-state index contributed by atoms with van der Waals surface area (Å²) in [6.07, 6.45) is 1.97. The second-order valence-electron chi connectivity index (χ2n) is 7.05. The van der Waals surface area contributed by atoms with Crippen molar-refractivity contribution in [2.45, 2.75) is 39.3 Å². The molecule has 144 valence electrons. The highest BCUT2D eigenvalue weighted by Crippen LogP contribution is 2.30. The van der Waals surface area contributed by atoms with Crippen LogP contribution in [-0.2, 0) is 17.8 Å². The highest BCUT2D eigenvalue weighted by Gasteiger charge is 2.28. The molecule has 1 amide bonds. The van der Waals surface area contributed by atoms with Gasteiger partial charge in [0.1, 0.15) is 0 Å². The Morgan fingerprint density at radius 2 is 2.07 bits per heavy atom. The number of amides is 1. The molecule has 1 aliphatic rings. The van der Waals surface area contributed by atoms with Gasteiger partial charge in [0.15, 0.2) is 11.6 Å². The number of hydrogen-bond acceptors (Lipinski definition) is 3. The molecule has 0 aliphatic carbocycles. The molecule has 1 atom stereocenters. The molecule has 5 heteroatoms. The maximum Gasteiger partial charge on any atom is 0.241 e. The molecule has 2 aromatic rings. The quantitative estimate of drug-likeness (QED) is 0.770. The molecule has 1 aliphatic heterocycles. The number of carbonyl (C=O) groups is 1. The largest absolute Gasteiger partial charge is 0.494 e. The summed E-state index contributed by atoms with van der Waals surface area (Å²) >= 11 is 0. The van der Waals surface area contributed by atoms with Gasteiger partial charge in [0, 0.05) is 18.3 Å². The molecule has 0 saturated heterocycles. The van der Waals surface area contributed by atoms with E-state index < -0.39 is 0 Å². The van der Waals surface area contributed by atoms with Crippen LogP contribution in [0.15, 0.2) is 42.5 Å². The normalized spacial score (nSPS) is 16.3. The smallest absolute Gasteiger partial charge is 0.241 e. The predicted octanol–water partition coefficient (Wildman–Crippen LogP) is 4.02. The molecule has 0 saturated carbocycles. The summed E-state index contributed by atoms with van der Waals surface area (Å²) in [6.45, 7) is 5.66. The Bertz CT molecular complexity index is 809. The lowest BCUT2D eigenvalue weighted by atomic mass is 9.96. The molecule has 0 bridgehead atoms. The lowest BCUT2D eigenvalue weighted by molar-refractivity contribution is -0.120. The Labute approximate surface area is 160 Å². The topological polar surface area (TPSA) is 32.8 Å². The molecule has 3 rings (SSSR count). The van der Waals surface area contributed by atoms with Crippen LogP contribution >= 0.6 is 0 Å². The molecule has 2 aromatic carbocycles. The third-order valence-electron chi connectivity index (χ3n) is 5.22. The molecule has 0 radical (unpaired) electrons. The molecule has 27 heavy (non-hydrogen) atoms. The van der Waals surface area contributed by atoms with Crippen molar-refractivity contribution in [3.05, 3.63) is 59.4 Å². The monoisotopic (exact) mass is 370 g/mol. The van der Waals surface area contributed by atoms with Crippen LogP contribution in [0.5, 0.6) is 5.75 Å².